The molecule has 1 amide bonds. The third-order valence-electron chi connectivity index (χ3n) is 3.56. The number of ether oxygens (including phenoxy) is 1. The molecule has 2 fully saturated rings. The van der Waals surface area contributed by atoms with Crippen molar-refractivity contribution in [1.29, 1.82) is 0 Å². The molecular formula is C14H25N3O3. The number of nitrogens with one attached hydrogen (secondary N) is 1. The van der Waals surface area contributed by atoms with Crippen molar-refractivity contribution in [3.63, 3.8) is 0 Å². The van der Waals surface area contributed by atoms with E-state index in [4.69, 9.17) is 4.74 Å². The molecule has 2 aliphatic rings. The molecule has 6 nitrogen and oxygen atoms in total. The largest absolute Gasteiger partial charge is 0.460 e. The van der Waals surface area contributed by atoms with Gasteiger partial charge in [0.2, 0.25) is 5.91 Å². The van der Waals surface area contributed by atoms with E-state index >= 15 is 0 Å². The lowest BCUT2D eigenvalue weighted by Crippen LogP contribution is -2.52. The molecule has 0 aromatic rings. The van der Waals surface area contributed by atoms with E-state index in [0.29, 0.717) is 12.8 Å². The SMILES string of the molecule is CC(C)(C)OC(=O)CCC(=O)N1CCC2NCCN2C1. The molecule has 0 aromatic carbocycles. The van der Waals surface area contributed by atoms with Crippen LogP contribution < -0.4 is 5.32 Å². The van der Waals surface area contributed by atoms with Crippen molar-refractivity contribution in [2.75, 3.05) is 26.3 Å². The highest BCUT2D eigenvalue weighted by molar-refractivity contribution is 5.81. The van der Waals surface area contributed by atoms with Crippen LogP contribution in [0.5, 0.6) is 0 Å². The summed E-state index contributed by atoms with van der Waals surface area (Å²) in [5.41, 5.74) is -0.486. The quantitative estimate of drug-likeness (QED) is 0.766. The first-order chi connectivity index (χ1) is 9.35. The maximum Gasteiger partial charge on any atom is 0.306 e. The lowest BCUT2D eigenvalue weighted by molar-refractivity contribution is -0.156. The highest BCUT2D eigenvalue weighted by Gasteiger charge is 2.32. The summed E-state index contributed by atoms with van der Waals surface area (Å²) in [7, 11) is 0. The van der Waals surface area contributed by atoms with Crippen LogP contribution in [0.25, 0.3) is 0 Å². The summed E-state index contributed by atoms with van der Waals surface area (Å²) >= 11 is 0. The minimum absolute atomic E-state index is 0.0428. The number of hydrogen-bond donors (Lipinski definition) is 1. The van der Waals surface area contributed by atoms with E-state index in [1.165, 1.54) is 0 Å². The van der Waals surface area contributed by atoms with Crippen molar-refractivity contribution in [3.8, 4) is 0 Å². The monoisotopic (exact) mass is 283 g/mol. The molecule has 2 rings (SSSR count). The summed E-state index contributed by atoms with van der Waals surface area (Å²) in [4.78, 5) is 27.9. The molecule has 6 heteroatoms. The van der Waals surface area contributed by atoms with Crippen molar-refractivity contribution >= 4 is 11.9 Å². The Kier molecular flexibility index (Phi) is 4.65. The first-order valence-corrected chi connectivity index (χ1v) is 7.32. The van der Waals surface area contributed by atoms with Crippen molar-refractivity contribution in [3.05, 3.63) is 0 Å². The van der Waals surface area contributed by atoms with Crippen molar-refractivity contribution in [1.82, 2.24) is 15.1 Å². The van der Waals surface area contributed by atoms with Gasteiger partial charge in [0.25, 0.3) is 0 Å². The molecule has 114 valence electrons. The molecule has 0 saturated carbocycles. The zero-order chi connectivity index (χ0) is 14.8. The van der Waals surface area contributed by atoms with E-state index in [1.54, 1.807) is 0 Å². The second kappa shape index (κ2) is 6.10. The van der Waals surface area contributed by atoms with Gasteiger partial charge in [0.1, 0.15) is 5.60 Å². The molecule has 0 spiro atoms. The Hall–Kier alpha value is -1.14. The van der Waals surface area contributed by atoms with Crippen LogP contribution in [0.2, 0.25) is 0 Å². The Balaban J connectivity index is 1.73. The van der Waals surface area contributed by atoms with Crippen LogP contribution in [0, 0.1) is 0 Å². The third kappa shape index (κ3) is 4.18. The molecule has 0 bridgehead atoms. The fourth-order valence-electron chi connectivity index (χ4n) is 2.64. The number of hydrogen-bond acceptors (Lipinski definition) is 5. The maximum atomic E-state index is 12.1. The van der Waals surface area contributed by atoms with Gasteiger partial charge in [0, 0.05) is 26.1 Å². The first-order valence-electron chi connectivity index (χ1n) is 7.32. The lowest BCUT2D eigenvalue weighted by atomic mass is 10.2. The van der Waals surface area contributed by atoms with Crippen LogP contribution in [0.4, 0.5) is 0 Å². The predicted molar refractivity (Wildman–Crippen MR) is 74.8 cm³/mol. The van der Waals surface area contributed by atoms with E-state index < -0.39 is 5.60 Å². The smallest absolute Gasteiger partial charge is 0.306 e. The minimum atomic E-state index is -0.486. The fraction of sp³-hybridized carbons (Fsp3) is 0.857. The Labute approximate surface area is 120 Å². The number of carbonyl (C=O) groups excluding carboxylic acids is 2. The van der Waals surface area contributed by atoms with E-state index in [0.717, 1.165) is 26.1 Å². The third-order valence-corrected chi connectivity index (χ3v) is 3.56. The van der Waals surface area contributed by atoms with Gasteiger partial charge in [-0.3, -0.25) is 14.5 Å². The molecule has 1 atom stereocenters. The minimum Gasteiger partial charge on any atom is -0.460 e. The average molecular weight is 283 g/mol. The van der Waals surface area contributed by atoms with Crippen LogP contribution in [0.3, 0.4) is 0 Å². The van der Waals surface area contributed by atoms with Gasteiger partial charge in [-0.25, -0.2) is 0 Å². The molecule has 2 aliphatic heterocycles. The Morgan fingerprint density at radius 2 is 2.00 bits per heavy atom. The summed E-state index contributed by atoms with van der Waals surface area (Å²) in [5.74, 6) is -0.259. The molecule has 0 radical (unpaired) electrons. The van der Waals surface area contributed by atoms with E-state index in [1.807, 2.05) is 25.7 Å². The summed E-state index contributed by atoms with van der Waals surface area (Å²) in [6.07, 6.45) is 1.78. The number of fused-ring (bicyclic) bond motifs is 1. The zero-order valence-electron chi connectivity index (χ0n) is 12.6. The Bertz CT molecular complexity index is 378. The molecule has 1 N–H and O–H groups in total. The molecule has 2 heterocycles. The van der Waals surface area contributed by atoms with Crippen molar-refractivity contribution < 1.29 is 14.3 Å². The summed E-state index contributed by atoms with van der Waals surface area (Å²) in [6, 6.07) is 0. The number of amides is 1. The fourth-order valence-corrected chi connectivity index (χ4v) is 2.64. The second-order valence-corrected chi connectivity index (χ2v) is 6.46. The number of esters is 1. The van der Waals surface area contributed by atoms with Gasteiger partial charge in [0.15, 0.2) is 0 Å². The van der Waals surface area contributed by atoms with Crippen LogP contribution in [0.15, 0.2) is 0 Å². The Morgan fingerprint density at radius 3 is 2.70 bits per heavy atom. The predicted octanol–water partition coefficient (Wildman–Crippen LogP) is 0.529. The van der Waals surface area contributed by atoms with Gasteiger partial charge < -0.3 is 15.0 Å². The summed E-state index contributed by atoms with van der Waals surface area (Å²) in [5, 5.41) is 3.41. The van der Waals surface area contributed by atoms with Gasteiger partial charge in [-0.2, -0.15) is 0 Å². The number of rotatable bonds is 3. The van der Waals surface area contributed by atoms with Gasteiger partial charge >= 0.3 is 5.97 Å². The maximum absolute atomic E-state index is 12.1. The normalized spacial score (nSPS) is 23.6. The van der Waals surface area contributed by atoms with Gasteiger partial charge in [0.05, 0.1) is 19.3 Å². The topological polar surface area (TPSA) is 61.9 Å². The number of nitrogens with zero attached hydrogens (tertiary/aromatic N) is 2. The van der Waals surface area contributed by atoms with Crippen LogP contribution in [0.1, 0.15) is 40.0 Å². The van der Waals surface area contributed by atoms with E-state index in [9.17, 15) is 9.59 Å². The lowest BCUT2D eigenvalue weighted by Gasteiger charge is -2.37. The standard InChI is InChI=1S/C14H25N3O3/c1-14(2,3)20-13(19)5-4-12(18)17-8-6-11-15-7-9-16(11)10-17/h11,15H,4-10H2,1-3H3. The van der Waals surface area contributed by atoms with Crippen LogP contribution in [-0.2, 0) is 14.3 Å². The molecule has 20 heavy (non-hydrogen) atoms. The molecular weight excluding hydrogens is 258 g/mol. The molecule has 0 aromatic heterocycles. The Morgan fingerprint density at radius 1 is 1.25 bits per heavy atom. The molecule has 0 aliphatic carbocycles. The van der Waals surface area contributed by atoms with Crippen molar-refractivity contribution in [2.24, 2.45) is 0 Å². The molecule has 2 saturated heterocycles. The highest BCUT2D eigenvalue weighted by Crippen LogP contribution is 2.16. The average Bonchev–Trinajstić information content (AvgIpc) is 2.80. The van der Waals surface area contributed by atoms with E-state index in [-0.39, 0.29) is 24.7 Å². The molecule has 1 unspecified atom stereocenters. The second-order valence-electron chi connectivity index (χ2n) is 6.46. The highest BCUT2D eigenvalue weighted by atomic mass is 16.6. The van der Waals surface area contributed by atoms with Gasteiger partial charge in [-0.05, 0) is 27.2 Å². The summed E-state index contributed by atoms with van der Waals surface area (Å²) < 4.78 is 5.21. The van der Waals surface area contributed by atoms with Crippen molar-refractivity contribution in [2.45, 2.75) is 51.8 Å². The van der Waals surface area contributed by atoms with Crippen LogP contribution in [-0.4, -0.2) is 59.7 Å². The zero-order valence-corrected chi connectivity index (χ0v) is 12.6. The van der Waals surface area contributed by atoms with Crippen LogP contribution >= 0.6 is 0 Å². The first kappa shape index (κ1) is 15.3. The van der Waals surface area contributed by atoms with Gasteiger partial charge in [-0.1, -0.05) is 0 Å². The van der Waals surface area contributed by atoms with Gasteiger partial charge in [-0.15, -0.1) is 0 Å². The number of carbonyl (C=O) groups is 2. The summed E-state index contributed by atoms with van der Waals surface area (Å²) in [6.45, 7) is 8.91. The van der Waals surface area contributed by atoms with E-state index in [2.05, 4.69) is 10.2 Å².